The summed E-state index contributed by atoms with van der Waals surface area (Å²) in [5.41, 5.74) is 0.233. The lowest BCUT2D eigenvalue weighted by atomic mass is 9.89. The number of aryl methyl sites for hydroxylation is 2. The van der Waals surface area contributed by atoms with Crippen LogP contribution in [0.3, 0.4) is 0 Å². The Kier molecular flexibility index (Phi) is 4.51. The molecule has 3 heterocycles. The summed E-state index contributed by atoms with van der Waals surface area (Å²) in [6.45, 7) is 4.63. The zero-order valence-electron chi connectivity index (χ0n) is 14.2. The summed E-state index contributed by atoms with van der Waals surface area (Å²) in [4.78, 5) is 26.4. The van der Waals surface area contributed by atoms with Gasteiger partial charge in [0.15, 0.2) is 0 Å². The summed E-state index contributed by atoms with van der Waals surface area (Å²) in [7, 11) is 1.66. The van der Waals surface area contributed by atoms with Gasteiger partial charge in [-0.15, -0.1) is 10.2 Å². The molecule has 3 rings (SSSR count). The van der Waals surface area contributed by atoms with Gasteiger partial charge in [0, 0.05) is 43.9 Å². The molecule has 0 spiro atoms. The van der Waals surface area contributed by atoms with Crippen LogP contribution < -0.4 is 5.56 Å². The van der Waals surface area contributed by atoms with Crippen LogP contribution in [0.25, 0.3) is 0 Å². The molecule has 2 atom stereocenters. The number of pyridine rings is 1. The normalized spacial score (nSPS) is 21.0. The first-order valence-corrected chi connectivity index (χ1v) is 8.31. The van der Waals surface area contributed by atoms with E-state index < -0.39 is 0 Å². The largest absolute Gasteiger partial charge is 0.425 e. The van der Waals surface area contributed by atoms with Gasteiger partial charge in [0.1, 0.15) is 0 Å². The van der Waals surface area contributed by atoms with Crippen LogP contribution in [-0.4, -0.2) is 38.2 Å². The van der Waals surface area contributed by atoms with Crippen LogP contribution in [0, 0.1) is 0 Å². The minimum absolute atomic E-state index is 0.0297. The third-order valence-corrected chi connectivity index (χ3v) is 4.70. The molecule has 0 bridgehead atoms. The predicted octanol–water partition coefficient (Wildman–Crippen LogP) is 1.74. The standard InChI is InChI=1S/C17H22N4O3/c1-4-14-18-19-16(24-14)13-6-5-8-21(11(13)2)17(23)12-7-9-20(3)15(22)10-12/h7,9-11,13H,4-6,8H2,1-3H3/t11-,13-/m0/s1. The molecule has 2 aromatic heterocycles. The van der Waals surface area contributed by atoms with Gasteiger partial charge in [0.2, 0.25) is 11.8 Å². The maximum Gasteiger partial charge on any atom is 0.254 e. The minimum atomic E-state index is -0.188. The zero-order chi connectivity index (χ0) is 17.3. The van der Waals surface area contributed by atoms with Crippen molar-refractivity contribution in [2.24, 2.45) is 7.05 Å². The second kappa shape index (κ2) is 6.59. The van der Waals surface area contributed by atoms with Gasteiger partial charge < -0.3 is 13.9 Å². The predicted molar refractivity (Wildman–Crippen MR) is 87.8 cm³/mol. The average molecular weight is 330 g/mol. The number of likely N-dealkylation sites (tertiary alicyclic amines) is 1. The number of rotatable bonds is 3. The van der Waals surface area contributed by atoms with Gasteiger partial charge in [-0.25, -0.2) is 0 Å². The second-order valence-electron chi connectivity index (χ2n) is 6.24. The number of piperidine rings is 1. The SMILES string of the molecule is CCc1nnc([C@H]2CCCN(C(=O)c3ccn(C)c(=O)c3)[C@H]2C)o1. The molecule has 0 aliphatic carbocycles. The van der Waals surface area contributed by atoms with Crippen LogP contribution in [-0.2, 0) is 13.5 Å². The van der Waals surface area contributed by atoms with Crippen molar-refractivity contribution < 1.29 is 9.21 Å². The van der Waals surface area contributed by atoms with E-state index in [4.69, 9.17) is 4.42 Å². The molecule has 1 fully saturated rings. The van der Waals surface area contributed by atoms with E-state index in [0.717, 1.165) is 12.8 Å². The van der Waals surface area contributed by atoms with Crippen molar-refractivity contribution in [3.8, 4) is 0 Å². The van der Waals surface area contributed by atoms with Crippen molar-refractivity contribution >= 4 is 5.91 Å². The van der Waals surface area contributed by atoms with Crippen molar-refractivity contribution in [1.82, 2.24) is 19.7 Å². The molecular formula is C17H22N4O3. The number of hydrogen-bond acceptors (Lipinski definition) is 5. The van der Waals surface area contributed by atoms with Gasteiger partial charge in [0.05, 0.1) is 5.92 Å². The van der Waals surface area contributed by atoms with Crippen molar-refractivity contribution in [3.63, 3.8) is 0 Å². The Morgan fingerprint density at radius 1 is 1.42 bits per heavy atom. The first kappa shape index (κ1) is 16.4. The first-order valence-electron chi connectivity index (χ1n) is 8.31. The number of amides is 1. The van der Waals surface area contributed by atoms with Gasteiger partial charge in [-0.1, -0.05) is 6.92 Å². The second-order valence-corrected chi connectivity index (χ2v) is 6.24. The zero-order valence-corrected chi connectivity index (χ0v) is 14.2. The van der Waals surface area contributed by atoms with Crippen LogP contribution in [0.5, 0.6) is 0 Å². The highest BCUT2D eigenvalue weighted by atomic mass is 16.4. The van der Waals surface area contributed by atoms with E-state index in [1.54, 1.807) is 24.2 Å². The molecule has 1 aliphatic rings. The summed E-state index contributed by atoms with van der Waals surface area (Å²) in [5.74, 6) is 1.12. The van der Waals surface area contributed by atoms with Gasteiger partial charge in [-0.2, -0.15) is 0 Å². The Balaban J connectivity index is 1.83. The molecule has 2 aromatic rings. The van der Waals surface area contributed by atoms with Crippen LogP contribution in [0.2, 0.25) is 0 Å². The molecule has 7 heteroatoms. The maximum absolute atomic E-state index is 12.8. The molecule has 1 saturated heterocycles. The molecule has 0 radical (unpaired) electrons. The summed E-state index contributed by atoms with van der Waals surface area (Å²) < 4.78 is 7.15. The first-order chi connectivity index (χ1) is 11.5. The number of hydrogen-bond donors (Lipinski definition) is 0. The monoisotopic (exact) mass is 330 g/mol. The lowest BCUT2D eigenvalue weighted by Gasteiger charge is -2.38. The number of carbonyl (C=O) groups is 1. The Bertz CT molecular complexity index is 795. The molecule has 128 valence electrons. The Morgan fingerprint density at radius 3 is 2.88 bits per heavy atom. The van der Waals surface area contributed by atoms with Crippen LogP contribution in [0.1, 0.15) is 54.7 Å². The molecular weight excluding hydrogens is 308 g/mol. The Labute approximate surface area is 140 Å². The lowest BCUT2D eigenvalue weighted by molar-refractivity contribution is 0.0582. The van der Waals surface area contributed by atoms with Crippen molar-refractivity contribution in [1.29, 1.82) is 0 Å². The highest BCUT2D eigenvalue weighted by Gasteiger charge is 2.35. The molecule has 0 N–H and O–H groups in total. The molecule has 1 amide bonds. The number of nitrogens with zero attached hydrogens (tertiary/aromatic N) is 4. The van der Waals surface area contributed by atoms with E-state index in [-0.39, 0.29) is 23.4 Å². The summed E-state index contributed by atoms with van der Waals surface area (Å²) >= 11 is 0. The lowest BCUT2D eigenvalue weighted by Crippen LogP contribution is -2.46. The quantitative estimate of drug-likeness (QED) is 0.856. The van der Waals surface area contributed by atoms with Gasteiger partial charge in [0.25, 0.3) is 11.5 Å². The van der Waals surface area contributed by atoms with Crippen molar-refractivity contribution in [3.05, 3.63) is 46.0 Å². The Hall–Kier alpha value is -2.44. The summed E-state index contributed by atoms with van der Waals surface area (Å²) in [6, 6.07) is 3.02. The number of aromatic nitrogens is 3. The molecule has 0 aromatic carbocycles. The van der Waals surface area contributed by atoms with E-state index in [9.17, 15) is 9.59 Å². The summed E-state index contributed by atoms with van der Waals surface area (Å²) in [6.07, 6.45) is 4.10. The highest BCUT2D eigenvalue weighted by Crippen LogP contribution is 2.32. The fourth-order valence-corrected chi connectivity index (χ4v) is 3.17. The topological polar surface area (TPSA) is 81.2 Å². The molecule has 1 aliphatic heterocycles. The van der Waals surface area contributed by atoms with Gasteiger partial charge >= 0.3 is 0 Å². The molecule has 24 heavy (non-hydrogen) atoms. The Morgan fingerprint density at radius 2 is 2.21 bits per heavy atom. The fourth-order valence-electron chi connectivity index (χ4n) is 3.17. The van der Waals surface area contributed by atoms with Gasteiger partial charge in [-0.05, 0) is 25.8 Å². The number of carbonyl (C=O) groups excluding carboxylic acids is 1. The van der Waals surface area contributed by atoms with E-state index in [0.29, 0.717) is 30.3 Å². The van der Waals surface area contributed by atoms with Gasteiger partial charge in [-0.3, -0.25) is 9.59 Å². The molecule has 0 saturated carbocycles. The average Bonchev–Trinajstić information content (AvgIpc) is 3.06. The molecule has 7 nitrogen and oxygen atoms in total. The van der Waals surface area contributed by atoms with E-state index >= 15 is 0 Å². The highest BCUT2D eigenvalue weighted by molar-refractivity contribution is 5.94. The van der Waals surface area contributed by atoms with Crippen molar-refractivity contribution in [2.75, 3.05) is 6.54 Å². The van der Waals surface area contributed by atoms with E-state index in [2.05, 4.69) is 10.2 Å². The smallest absolute Gasteiger partial charge is 0.254 e. The van der Waals surface area contributed by atoms with Crippen molar-refractivity contribution in [2.45, 2.75) is 45.1 Å². The molecule has 0 unspecified atom stereocenters. The van der Waals surface area contributed by atoms with Crippen LogP contribution >= 0.6 is 0 Å². The van der Waals surface area contributed by atoms with Crippen LogP contribution in [0.4, 0.5) is 0 Å². The third-order valence-electron chi connectivity index (χ3n) is 4.70. The fraction of sp³-hybridized carbons (Fsp3) is 0.529. The summed E-state index contributed by atoms with van der Waals surface area (Å²) in [5, 5.41) is 8.17. The van der Waals surface area contributed by atoms with E-state index in [1.807, 2.05) is 13.8 Å². The minimum Gasteiger partial charge on any atom is -0.425 e. The third kappa shape index (κ3) is 2.98. The van der Waals surface area contributed by atoms with E-state index in [1.165, 1.54) is 10.6 Å². The van der Waals surface area contributed by atoms with Crippen LogP contribution in [0.15, 0.2) is 27.5 Å². The maximum atomic E-state index is 12.8.